The lowest BCUT2D eigenvalue weighted by Gasteiger charge is -2.13. The van der Waals surface area contributed by atoms with Crippen molar-refractivity contribution in [3.05, 3.63) is 16.8 Å². The van der Waals surface area contributed by atoms with E-state index in [0.717, 1.165) is 31.6 Å². The molecule has 6 heteroatoms. The Kier molecular flexibility index (Phi) is 19.7. The molecule has 0 unspecified atom stereocenters. The van der Waals surface area contributed by atoms with Crippen molar-refractivity contribution in [2.75, 3.05) is 17.6 Å². The van der Waals surface area contributed by atoms with Crippen LogP contribution in [0.25, 0.3) is 0 Å². The van der Waals surface area contributed by atoms with Gasteiger partial charge in [-0.3, -0.25) is 5.73 Å². The Hall–Kier alpha value is -1.18. The van der Waals surface area contributed by atoms with Crippen molar-refractivity contribution in [2.45, 2.75) is 123 Å². The molecule has 0 saturated heterocycles. The molecular weight excluding hydrogens is 439 g/mol. The summed E-state index contributed by atoms with van der Waals surface area (Å²) in [6.45, 7) is 6.12. The van der Waals surface area contributed by atoms with Crippen LogP contribution in [0.1, 0.15) is 122 Å². The highest BCUT2D eigenvalue weighted by molar-refractivity contribution is 6.30. The van der Waals surface area contributed by atoms with Gasteiger partial charge in [-0.1, -0.05) is 97.3 Å². The second-order valence-corrected chi connectivity index (χ2v) is 9.15. The first-order chi connectivity index (χ1) is 15.2. The number of nitrogens with two attached hydrogens (primary N) is 1. The molecule has 0 bridgehead atoms. The van der Waals surface area contributed by atoms with Gasteiger partial charge in [0, 0.05) is 6.54 Å². The van der Waals surface area contributed by atoms with Crippen molar-refractivity contribution in [3.63, 3.8) is 0 Å². The number of anilines is 2. The van der Waals surface area contributed by atoms with E-state index in [2.05, 4.69) is 25.2 Å². The minimum absolute atomic E-state index is 0. The maximum Gasteiger partial charge on any atom is 0.275 e. The zero-order valence-corrected chi connectivity index (χ0v) is 22.0. The third-order valence-electron chi connectivity index (χ3n) is 6.01. The van der Waals surface area contributed by atoms with Crippen LogP contribution in [0, 0.1) is 11.3 Å². The first kappa shape index (κ1) is 30.8. The number of nitrogens with one attached hydrogen (secondary N) is 1. The van der Waals surface area contributed by atoms with E-state index in [9.17, 15) is 5.26 Å². The first-order valence-electron chi connectivity index (χ1n) is 12.8. The SMILES string of the molecule is CCCCCCCCCCNc1cc(N)[n+](CCCCCCCCCC)c(Cl)c1C#N.[Cl-]. The summed E-state index contributed by atoms with van der Waals surface area (Å²) in [5.41, 5.74) is 7.55. The first-order valence-corrected chi connectivity index (χ1v) is 13.2. The highest BCUT2D eigenvalue weighted by Gasteiger charge is 2.19. The van der Waals surface area contributed by atoms with Gasteiger partial charge < -0.3 is 17.7 Å². The van der Waals surface area contributed by atoms with Gasteiger partial charge in [-0.05, 0) is 30.9 Å². The number of rotatable bonds is 19. The molecule has 184 valence electrons. The summed E-state index contributed by atoms with van der Waals surface area (Å²) in [4.78, 5) is 0. The summed E-state index contributed by atoms with van der Waals surface area (Å²) >= 11 is 6.56. The quantitative estimate of drug-likeness (QED) is 0.168. The molecule has 32 heavy (non-hydrogen) atoms. The molecule has 1 aromatic heterocycles. The maximum atomic E-state index is 9.64. The summed E-state index contributed by atoms with van der Waals surface area (Å²) in [6.07, 6.45) is 20.4. The Labute approximate surface area is 208 Å². The molecule has 3 N–H and O–H groups in total. The largest absolute Gasteiger partial charge is 1.00 e. The molecule has 0 aliphatic heterocycles. The zero-order chi connectivity index (χ0) is 22.7. The van der Waals surface area contributed by atoms with Crippen LogP contribution in [0.15, 0.2) is 6.07 Å². The fraction of sp³-hybridized carbons (Fsp3) is 0.769. The van der Waals surface area contributed by atoms with Crippen LogP contribution in [0.4, 0.5) is 11.5 Å². The van der Waals surface area contributed by atoms with Crippen molar-refractivity contribution in [2.24, 2.45) is 0 Å². The molecule has 1 heterocycles. The third kappa shape index (κ3) is 12.8. The third-order valence-corrected chi connectivity index (χ3v) is 6.40. The van der Waals surface area contributed by atoms with E-state index in [0.29, 0.717) is 16.5 Å². The summed E-state index contributed by atoms with van der Waals surface area (Å²) in [5, 5.41) is 13.5. The van der Waals surface area contributed by atoms with E-state index in [1.54, 1.807) is 0 Å². The average Bonchev–Trinajstić information content (AvgIpc) is 2.76. The molecule has 0 fully saturated rings. The molecular formula is C26H46Cl2N4. The van der Waals surface area contributed by atoms with E-state index in [4.69, 9.17) is 17.3 Å². The van der Waals surface area contributed by atoms with Crippen LogP contribution in [-0.4, -0.2) is 6.54 Å². The van der Waals surface area contributed by atoms with E-state index >= 15 is 0 Å². The highest BCUT2D eigenvalue weighted by atomic mass is 35.5. The number of nitrogen functional groups attached to an aromatic ring is 1. The normalized spacial score (nSPS) is 10.6. The zero-order valence-electron chi connectivity index (χ0n) is 20.5. The fourth-order valence-electron chi connectivity index (χ4n) is 4.02. The van der Waals surface area contributed by atoms with Crippen molar-refractivity contribution >= 4 is 23.1 Å². The number of nitrogens with zero attached hydrogens (tertiary/aromatic N) is 2. The molecule has 0 radical (unpaired) electrons. The topological polar surface area (TPSA) is 65.7 Å². The van der Waals surface area contributed by atoms with Gasteiger partial charge in [-0.2, -0.15) is 5.26 Å². The molecule has 0 aromatic carbocycles. The van der Waals surface area contributed by atoms with Crippen LogP contribution >= 0.6 is 11.6 Å². The summed E-state index contributed by atoms with van der Waals surface area (Å²) < 4.78 is 1.89. The Morgan fingerprint density at radius 2 is 1.31 bits per heavy atom. The summed E-state index contributed by atoms with van der Waals surface area (Å²) in [6, 6.07) is 4.15. The van der Waals surface area contributed by atoms with Gasteiger partial charge in [-0.25, -0.2) is 4.57 Å². The van der Waals surface area contributed by atoms with Crippen molar-refractivity contribution in [1.29, 1.82) is 5.26 Å². The Balaban J connectivity index is 0.00000961. The van der Waals surface area contributed by atoms with Gasteiger partial charge in [0.15, 0.2) is 0 Å². The molecule has 0 aliphatic rings. The van der Waals surface area contributed by atoms with E-state index in [-0.39, 0.29) is 12.4 Å². The van der Waals surface area contributed by atoms with Gasteiger partial charge in [-0.15, -0.1) is 0 Å². The summed E-state index contributed by atoms with van der Waals surface area (Å²) in [7, 11) is 0. The minimum atomic E-state index is 0. The lowest BCUT2D eigenvalue weighted by Crippen LogP contribution is -3.00. The van der Waals surface area contributed by atoms with Crippen LogP contribution < -0.4 is 28.0 Å². The fourth-order valence-corrected chi connectivity index (χ4v) is 4.34. The van der Waals surface area contributed by atoms with Crippen LogP contribution in [-0.2, 0) is 6.54 Å². The standard InChI is InChI=1S/C26H45ClN4.ClH/c1-3-5-7-9-11-13-15-17-19-30-24-21-25(29)31(26(27)23(24)22-28)20-18-16-14-12-10-8-6-4-2;/h21H,3-20H2,1-2H3,(H2,29,30);1H. The molecule has 0 aliphatic carbocycles. The molecule has 4 nitrogen and oxygen atoms in total. The number of aromatic nitrogens is 1. The second kappa shape index (κ2) is 20.4. The molecule has 1 aromatic rings. The van der Waals surface area contributed by atoms with Crippen molar-refractivity contribution in [3.8, 4) is 6.07 Å². The minimum Gasteiger partial charge on any atom is -1.00 e. The Morgan fingerprint density at radius 3 is 1.81 bits per heavy atom. The van der Waals surface area contributed by atoms with Gasteiger partial charge in [0.05, 0.1) is 18.3 Å². The van der Waals surface area contributed by atoms with Gasteiger partial charge in [0.1, 0.15) is 11.6 Å². The van der Waals surface area contributed by atoms with Crippen LogP contribution in [0.3, 0.4) is 0 Å². The van der Waals surface area contributed by atoms with Crippen LogP contribution in [0.5, 0.6) is 0 Å². The van der Waals surface area contributed by atoms with Gasteiger partial charge in [0.2, 0.25) is 5.15 Å². The molecule has 0 atom stereocenters. The van der Waals surface area contributed by atoms with Gasteiger partial charge in [0.25, 0.3) is 5.82 Å². The maximum absolute atomic E-state index is 9.64. The van der Waals surface area contributed by atoms with Crippen molar-refractivity contribution < 1.29 is 17.0 Å². The monoisotopic (exact) mass is 484 g/mol. The molecule has 0 spiro atoms. The predicted octanol–water partition coefficient (Wildman–Crippen LogP) is 4.78. The van der Waals surface area contributed by atoms with Crippen LogP contribution in [0.2, 0.25) is 5.15 Å². The van der Waals surface area contributed by atoms with E-state index < -0.39 is 0 Å². The second-order valence-electron chi connectivity index (χ2n) is 8.79. The smallest absolute Gasteiger partial charge is 0.275 e. The lowest BCUT2D eigenvalue weighted by molar-refractivity contribution is -0.681. The highest BCUT2D eigenvalue weighted by Crippen LogP contribution is 2.23. The van der Waals surface area contributed by atoms with E-state index in [1.807, 2.05) is 10.6 Å². The number of pyridine rings is 1. The average molecular weight is 486 g/mol. The number of hydrogen-bond acceptors (Lipinski definition) is 3. The number of halogens is 2. The summed E-state index contributed by atoms with van der Waals surface area (Å²) in [5.74, 6) is 0.630. The molecule has 0 saturated carbocycles. The van der Waals surface area contributed by atoms with Gasteiger partial charge >= 0.3 is 0 Å². The number of hydrogen-bond donors (Lipinski definition) is 2. The van der Waals surface area contributed by atoms with Crippen molar-refractivity contribution in [1.82, 2.24) is 0 Å². The molecule has 0 amide bonds. The number of unbranched alkanes of at least 4 members (excludes halogenated alkanes) is 14. The predicted molar refractivity (Wildman–Crippen MR) is 134 cm³/mol. The Morgan fingerprint density at radius 1 is 0.844 bits per heavy atom. The number of nitriles is 1. The lowest BCUT2D eigenvalue weighted by atomic mass is 10.1. The Bertz CT molecular complexity index is 644. The molecule has 1 rings (SSSR count). The van der Waals surface area contributed by atoms with E-state index in [1.165, 1.54) is 89.9 Å².